The van der Waals surface area contributed by atoms with E-state index in [1.165, 1.54) is 0 Å². The highest BCUT2D eigenvalue weighted by Crippen LogP contribution is 2.51. The van der Waals surface area contributed by atoms with E-state index in [-0.39, 0.29) is 11.9 Å². The molecule has 3 aromatic rings. The Morgan fingerprint density at radius 2 is 2.00 bits per heavy atom. The van der Waals surface area contributed by atoms with Gasteiger partial charge in [-0.05, 0) is 55.5 Å². The molecule has 2 fully saturated rings. The van der Waals surface area contributed by atoms with Gasteiger partial charge in [-0.2, -0.15) is 4.98 Å². The topological polar surface area (TPSA) is 81.4 Å². The second-order valence-electron chi connectivity index (χ2n) is 8.37. The van der Waals surface area contributed by atoms with Crippen molar-refractivity contribution in [1.82, 2.24) is 20.0 Å². The summed E-state index contributed by atoms with van der Waals surface area (Å²) in [5, 5.41) is 4.16. The summed E-state index contributed by atoms with van der Waals surface area (Å²) in [5.74, 6) is 2.00. The summed E-state index contributed by atoms with van der Waals surface area (Å²) in [7, 11) is 1.65. The lowest BCUT2D eigenvalue weighted by atomic mass is 9.93. The van der Waals surface area contributed by atoms with Crippen molar-refractivity contribution >= 4 is 5.91 Å². The van der Waals surface area contributed by atoms with Crippen molar-refractivity contribution < 1.29 is 14.1 Å². The van der Waals surface area contributed by atoms with Crippen LogP contribution in [0.1, 0.15) is 56.0 Å². The van der Waals surface area contributed by atoms with Crippen LogP contribution in [0.2, 0.25) is 0 Å². The highest BCUT2D eigenvalue weighted by Gasteiger charge is 2.54. The van der Waals surface area contributed by atoms with E-state index in [9.17, 15) is 4.79 Å². The molecule has 2 aromatic heterocycles. The number of benzene rings is 1. The zero-order chi connectivity index (χ0) is 21.3. The minimum absolute atomic E-state index is 0.172. The van der Waals surface area contributed by atoms with Crippen LogP contribution in [-0.2, 0) is 10.2 Å². The monoisotopic (exact) mass is 418 g/mol. The van der Waals surface area contributed by atoms with Gasteiger partial charge >= 0.3 is 0 Å². The number of nitrogens with zero attached hydrogens (tertiary/aromatic N) is 4. The number of carbonyl (C=O) groups is 1. The number of pyridine rings is 1. The van der Waals surface area contributed by atoms with E-state index in [1.807, 2.05) is 41.3 Å². The Hall–Kier alpha value is -3.22. The number of likely N-dealkylation sites (tertiary alicyclic amines) is 1. The van der Waals surface area contributed by atoms with Crippen molar-refractivity contribution in [2.24, 2.45) is 0 Å². The van der Waals surface area contributed by atoms with Gasteiger partial charge in [-0.25, -0.2) is 0 Å². The van der Waals surface area contributed by atoms with E-state index in [0.717, 1.165) is 55.4 Å². The molecule has 1 saturated heterocycles. The molecule has 7 nitrogen and oxygen atoms in total. The van der Waals surface area contributed by atoms with Crippen LogP contribution in [-0.4, -0.2) is 39.6 Å². The molecule has 2 aliphatic rings. The molecule has 0 radical (unpaired) electrons. The molecule has 1 aliphatic heterocycles. The first-order chi connectivity index (χ1) is 15.2. The molecule has 31 heavy (non-hydrogen) atoms. The third-order valence-corrected chi connectivity index (χ3v) is 6.46. The Morgan fingerprint density at radius 1 is 1.16 bits per heavy atom. The summed E-state index contributed by atoms with van der Waals surface area (Å²) in [4.78, 5) is 24.6. The van der Waals surface area contributed by atoms with Gasteiger partial charge in [0.2, 0.25) is 17.6 Å². The summed E-state index contributed by atoms with van der Waals surface area (Å²) in [6.45, 7) is 0.714. The predicted molar refractivity (Wildman–Crippen MR) is 114 cm³/mol. The largest absolute Gasteiger partial charge is 0.497 e. The molecule has 0 bridgehead atoms. The molecule has 5 rings (SSSR count). The molecule has 1 atom stereocenters. The standard InChI is InChI=1S/C24H26N4O3/c1-30-19-10-8-18(9-11-19)24(12-13-24)23(29)28-15-4-2-3-7-20(28)22-26-21(27-31-22)17-6-5-14-25-16-17/h5-6,8-11,14,16,20H,2-4,7,12-13,15H2,1H3. The maximum Gasteiger partial charge on any atom is 0.249 e. The molecule has 1 aromatic carbocycles. The van der Waals surface area contributed by atoms with Gasteiger partial charge in [0, 0.05) is 24.5 Å². The minimum atomic E-state index is -0.443. The zero-order valence-corrected chi connectivity index (χ0v) is 17.7. The molecule has 0 N–H and O–H groups in total. The van der Waals surface area contributed by atoms with E-state index >= 15 is 0 Å². The van der Waals surface area contributed by atoms with E-state index in [4.69, 9.17) is 9.26 Å². The molecule has 1 aliphatic carbocycles. The summed E-state index contributed by atoms with van der Waals surface area (Å²) >= 11 is 0. The van der Waals surface area contributed by atoms with Gasteiger partial charge in [0.25, 0.3) is 0 Å². The Kier molecular flexibility index (Phi) is 5.18. The summed E-state index contributed by atoms with van der Waals surface area (Å²) in [5.41, 5.74) is 1.42. The van der Waals surface area contributed by atoms with E-state index < -0.39 is 5.41 Å². The van der Waals surface area contributed by atoms with Crippen LogP contribution in [0, 0.1) is 0 Å². The molecule has 1 unspecified atom stereocenters. The number of hydrogen-bond donors (Lipinski definition) is 0. The second kappa shape index (κ2) is 8.13. The van der Waals surface area contributed by atoms with Crippen molar-refractivity contribution in [3.8, 4) is 17.1 Å². The first kappa shape index (κ1) is 19.7. The molecule has 1 amide bonds. The zero-order valence-electron chi connectivity index (χ0n) is 17.7. The van der Waals surface area contributed by atoms with Crippen molar-refractivity contribution in [3.63, 3.8) is 0 Å². The van der Waals surface area contributed by atoms with Gasteiger partial charge in [-0.3, -0.25) is 9.78 Å². The van der Waals surface area contributed by atoms with Gasteiger partial charge in [-0.15, -0.1) is 0 Å². The Balaban J connectivity index is 1.44. The molecular weight excluding hydrogens is 392 g/mol. The fraction of sp³-hybridized carbons (Fsp3) is 0.417. The Labute approximate surface area is 181 Å². The summed E-state index contributed by atoms with van der Waals surface area (Å²) in [6.07, 6.45) is 9.12. The van der Waals surface area contributed by atoms with Gasteiger partial charge in [0.05, 0.1) is 12.5 Å². The van der Waals surface area contributed by atoms with Crippen molar-refractivity contribution in [2.45, 2.75) is 50.0 Å². The first-order valence-electron chi connectivity index (χ1n) is 10.9. The highest BCUT2D eigenvalue weighted by atomic mass is 16.5. The number of carbonyl (C=O) groups excluding carboxylic acids is 1. The molecule has 0 spiro atoms. The SMILES string of the molecule is COc1ccc(C2(C(=O)N3CCCCCC3c3nc(-c4cccnc4)no3)CC2)cc1. The molecule has 7 heteroatoms. The Morgan fingerprint density at radius 3 is 2.71 bits per heavy atom. The van der Waals surface area contributed by atoms with E-state index in [2.05, 4.69) is 15.1 Å². The smallest absolute Gasteiger partial charge is 0.249 e. The van der Waals surface area contributed by atoms with E-state index in [1.54, 1.807) is 19.5 Å². The second-order valence-corrected chi connectivity index (χ2v) is 8.37. The van der Waals surface area contributed by atoms with Gasteiger partial charge in [0.15, 0.2) is 0 Å². The predicted octanol–water partition coefficient (Wildman–Crippen LogP) is 4.32. The quantitative estimate of drug-likeness (QED) is 0.614. The third kappa shape index (κ3) is 3.69. The fourth-order valence-electron chi connectivity index (χ4n) is 4.53. The summed E-state index contributed by atoms with van der Waals surface area (Å²) in [6, 6.07) is 11.5. The fourth-order valence-corrected chi connectivity index (χ4v) is 4.53. The van der Waals surface area contributed by atoms with Crippen LogP contribution < -0.4 is 4.74 Å². The third-order valence-electron chi connectivity index (χ3n) is 6.46. The van der Waals surface area contributed by atoms with Gasteiger partial charge in [-0.1, -0.05) is 30.1 Å². The van der Waals surface area contributed by atoms with E-state index in [0.29, 0.717) is 18.3 Å². The van der Waals surface area contributed by atoms with Crippen LogP contribution in [0.5, 0.6) is 5.75 Å². The maximum atomic E-state index is 13.8. The van der Waals surface area contributed by atoms with Crippen LogP contribution in [0.3, 0.4) is 0 Å². The number of rotatable bonds is 5. The average molecular weight is 418 g/mol. The van der Waals surface area contributed by atoms with Crippen LogP contribution in [0.25, 0.3) is 11.4 Å². The van der Waals surface area contributed by atoms with Gasteiger partial charge in [0.1, 0.15) is 11.8 Å². The lowest BCUT2D eigenvalue weighted by molar-refractivity contribution is -0.137. The lowest BCUT2D eigenvalue weighted by Gasteiger charge is -2.31. The average Bonchev–Trinajstić information content (AvgIpc) is 3.56. The molecule has 160 valence electrons. The normalized spacial score (nSPS) is 20.2. The Bertz CT molecular complexity index is 1040. The first-order valence-corrected chi connectivity index (χ1v) is 10.9. The molecular formula is C24H26N4O3. The van der Waals surface area contributed by atoms with Gasteiger partial charge < -0.3 is 14.2 Å². The maximum absolute atomic E-state index is 13.8. The van der Waals surface area contributed by atoms with Crippen LogP contribution in [0.4, 0.5) is 0 Å². The summed E-state index contributed by atoms with van der Waals surface area (Å²) < 4.78 is 10.9. The number of amides is 1. The molecule has 1 saturated carbocycles. The van der Waals surface area contributed by atoms with Crippen molar-refractivity contribution in [3.05, 3.63) is 60.2 Å². The van der Waals surface area contributed by atoms with Crippen LogP contribution in [0.15, 0.2) is 53.3 Å². The number of aromatic nitrogens is 3. The van der Waals surface area contributed by atoms with Crippen molar-refractivity contribution in [1.29, 1.82) is 0 Å². The van der Waals surface area contributed by atoms with Crippen LogP contribution >= 0.6 is 0 Å². The lowest BCUT2D eigenvalue weighted by Crippen LogP contribution is -2.41. The minimum Gasteiger partial charge on any atom is -0.497 e. The highest BCUT2D eigenvalue weighted by molar-refractivity contribution is 5.91. The number of hydrogen-bond acceptors (Lipinski definition) is 6. The number of methoxy groups -OCH3 is 1. The van der Waals surface area contributed by atoms with Crippen molar-refractivity contribution in [2.75, 3.05) is 13.7 Å². The number of ether oxygens (including phenoxy) is 1. The molecule has 3 heterocycles.